The SMILES string of the molecule is O=C(Nc1cccc(Br)c1)c1cnc(N2CCCCCC2)nc1. The molecule has 2 aromatic rings. The maximum absolute atomic E-state index is 12.2. The van der Waals surface area contributed by atoms with Gasteiger partial charge in [0.2, 0.25) is 5.95 Å². The fourth-order valence-corrected chi connectivity index (χ4v) is 3.04. The van der Waals surface area contributed by atoms with Crippen LogP contribution < -0.4 is 10.2 Å². The van der Waals surface area contributed by atoms with E-state index in [-0.39, 0.29) is 5.91 Å². The summed E-state index contributed by atoms with van der Waals surface area (Å²) in [7, 11) is 0. The summed E-state index contributed by atoms with van der Waals surface area (Å²) in [6, 6.07) is 7.48. The highest BCUT2D eigenvalue weighted by molar-refractivity contribution is 9.10. The van der Waals surface area contributed by atoms with Gasteiger partial charge in [-0.05, 0) is 31.0 Å². The molecule has 1 amide bonds. The average molecular weight is 375 g/mol. The quantitative estimate of drug-likeness (QED) is 0.885. The standard InChI is InChI=1S/C17H19BrN4O/c18-14-6-5-7-15(10-14)21-16(23)13-11-19-17(20-12-13)22-8-3-1-2-4-9-22/h5-7,10-12H,1-4,8-9H2,(H,21,23). The zero-order valence-electron chi connectivity index (χ0n) is 12.8. The van der Waals surface area contributed by atoms with Crippen molar-refractivity contribution in [2.45, 2.75) is 25.7 Å². The van der Waals surface area contributed by atoms with E-state index in [0.29, 0.717) is 11.5 Å². The van der Waals surface area contributed by atoms with Crippen molar-refractivity contribution in [3.05, 3.63) is 46.7 Å². The molecule has 1 aliphatic heterocycles. The van der Waals surface area contributed by atoms with Gasteiger partial charge in [0.1, 0.15) is 0 Å². The van der Waals surface area contributed by atoms with Crippen LogP contribution in [0.2, 0.25) is 0 Å². The second-order valence-electron chi connectivity index (χ2n) is 5.64. The Bertz CT molecular complexity index is 667. The number of rotatable bonds is 3. The number of carbonyl (C=O) groups is 1. The summed E-state index contributed by atoms with van der Waals surface area (Å²) in [5, 5.41) is 2.85. The third kappa shape index (κ3) is 4.28. The Morgan fingerprint density at radius 1 is 1.09 bits per heavy atom. The van der Waals surface area contributed by atoms with Crippen LogP contribution in [0.1, 0.15) is 36.0 Å². The topological polar surface area (TPSA) is 58.1 Å². The number of halogens is 1. The van der Waals surface area contributed by atoms with E-state index in [2.05, 4.69) is 36.1 Å². The van der Waals surface area contributed by atoms with Crippen molar-refractivity contribution in [1.29, 1.82) is 0 Å². The van der Waals surface area contributed by atoms with Gasteiger partial charge in [-0.2, -0.15) is 0 Å². The van der Waals surface area contributed by atoms with E-state index in [1.807, 2.05) is 24.3 Å². The number of anilines is 2. The molecule has 1 aromatic heterocycles. The lowest BCUT2D eigenvalue weighted by Gasteiger charge is -2.19. The number of hydrogen-bond donors (Lipinski definition) is 1. The predicted octanol–water partition coefficient (Wildman–Crippen LogP) is 3.87. The zero-order chi connectivity index (χ0) is 16.1. The molecule has 0 saturated carbocycles. The van der Waals surface area contributed by atoms with E-state index in [0.717, 1.165) is 23.2 Å². The molecule has 23 heavy (non-hydrogen) atoms. The van der Waals surface area contributed by atoms with E-state index in [1.165, 1.54) is 25.7 Å². The van der Waals surface area contributed by atoms with Gasteiger partial charge in [-0.1, -0.05) is 34.8 Å². The van der Waals surface area contributed by atoms with E-state index in [1.54, 1.807) is 12.4 Å². The molecule has 1 aliphatic rings. The summed E-state index contributed by atoms with van der Waals surface area (Å²) < 4.78 is 0.920. The number of hydrogen-bond acceptors (Lipinski definition) is 4. The van der Waals surface area contributed by atoms with Gasteiger partial charge in [0.05, 0.1) is 5.56 Å². The average Bonchev–Trinajstić information content (AvgIpc) is 2.84. The molecule has 0 aliphatic carbocycles. The van der Waals surface area contributed by atoms with Crippen molar-refractivity contribution in [1.82, 2.24) is 9.97 Å². The fourth-order valence-electron chi connectivity index (χ4n) is 2.64. The Labute approximate surface area is 144 Å². The number of benzene rings is 1. The van der Waals surface area contributed by atoms with Crippen molar-refractivity contribution >= 4 is 33.5 Å². The first-order chi connectivity index (χ1) is 11.2. The van der Waals surface area contributed by atoms with Gasteiger partial charge in [-0.15, -0.1) is 0 Å². The van der Waals surface area contributed by atoms with Crippen LogP contribution >= 0.6 is 15.9 Å². The van der Waals surface area contributed by atoms with Crippen molar-refractivity contribution in [3.8, 4) is 0 Å². The molecule has 1 aromatic carbocycles. The molecular weight excluding hydrogens is 356 g/mol. The summed E-state index contributed by atoms with van der Waals surface area (Å²) in [6.07, 6.45) is 8.08. The molecular formula is C17H19BrN4O. The summed E-state index contributed by atoms with van der Waals surface area (Å²) in [4.78, 5) is 23.2. The fraction of sp³-hybridized carbons (Fsp3) is 0.353. The van der Waals surface area contributed by atoms with Gasteiger partial charge in [0, 0.05) is 35.6 Å². The predicted molar refractivity (Wildman–Crippen MR) is 94.8 cm³/mol. The van der Waals surface area contributed by atoms with E-state index in [4.69, 9.17) is 0 Å². The monoisotopic (exact) mass is 374 g/mol. The van der Waals surface area contributed by atoms with Crippen LogP contribution in [0.3, 0.4) is 0 Å². The van der Waals surface area contributed by atoms with Gasteiger partial charge in [0.15, 0.2) is 0 Å². The Hall–Kier alpha value is -1.95. The molecule has 1 saturated heterocycles. The van der Waals surface area contributed by atoms with Crippen LogP contribution in [0.5, 0.6) is 0 Å². The third-order valence-electron chi connectivity index (χ3n) is 3.87. The zero-order valence-corrected chi connectivity index (χ0v) is 14.4. The van der Waals surface area contributed by atoms with Gasteiger partial charge >= 0.3 is 0 Å². The lowest BCUT2D eigenvalue weighted by atomic mass is 10.2. The molecule has 2 heterocycles. The molecule has 0 bridgehead atoms. The van der Waals surface area contributed by atoms with E-state index < -0.39 is 0 Å². The Balaban J connectivity index is 1.67. The first-order valence-electron chi connectivity index (χ1n) is 7.86. The van der Waals surface area contributed by atoms with Crippen molar-refractivity contribution in [2.24, 2.45) is 0 Å². The normalized spacial score (nSPS) is 15.1. The highest BCUT2D eigenvalue weighted by Crippen LogP contribution is 2.17. The first kappa shape index (κ1) is 15.9. The highest BCUT2D eigenvalue weighted by atomic mass is 79.9. The van der Waals surface area contributed by atoms with Gasteiger partial charge in [-0.25, -0.2) is 9.97 Å². The second-order valence-corrected chi connectivity index (χ2v) is 6.55. The van der Waals surface area contributed by atoms with Crippen LogP contribution in [-0.2, 0) is 0 Å². The smallest absolute Gasteiger partial charge is 0.258 e. The minimum Gasteiger partial charge on any atom is -0.341 e. The number of aromatic nitrogens is 2. The molecule has 120 valence electrons. The number of carbonyl (C=O) groups excluding carboxylic acids is 1. The van der Waals surface area contributed by atoms with Crippen LogP contribution in [0.4, 0.5) is 11.6 Å². The van der Waals surface area contributed by atoms with Gasteiger partial charge in [0.25, 0.3) is 5.91 Å². The maximum Gasteiger partial charge on any atom is 0.258 e. The molecule has 5 nitrogen and oxygen atoms in total. The van der Waals surface area contributed by atoms with Crippen LogP contribution in [0, 0.1) is 0 Å². The summed E-state index contributed by atoms with van der Waals surface area (Å²) >= 11 is 3.39. The molecule has 1 fully saturated rings. The van der Waals surface area contributed by atoms with Crippen molar-refractivity contribution in [2.75, 3.05) is 23.3 Å². The summed E-state index contributed by atoms with van der Waals surface area (Å²) in [5.41, 5.74) is 1.20. The maximum atomic E-state index is 12.2. The Kier molecular flexibility index (Phi) is 5.23. The Morgan fingerprint density at radius 2 is 1.78 bits per heavy atom. The van der Waals surface area contributed by atoms with E-state index in [9.17, 15) is 4.79 Å². The van der Waals surface area contributed by atoms with Crippen LogP contribution in [-0.4, -0.2) is 29.0 Å². The van der Waals surface area contributed by atoms with Crippen LogP contribution in [0.15, 0.2) is 41.1 Å². The molecule has 0 unspecified atom stereocenters. The van der Waals surface area contributed by atoms with Crippen LogP contribution in [0.25, 0.3) is 0 Å². The van der Waals surface area contributed by atoms with E-state index >= 15 is 0 Å². The summed E-state index contributed by atoms with van der Waals surface area (Å²) in [6.45, 7) is 1.98. The highest BCUT2D eigenvalue weighted by Gasteiger charge is 2.14. The minimum absolute atomic E-state index is 0.203. The lowest BCUT2D eigenvalue weighted by Crippen LogP contribution is -2.26. The Morgan fingerprint density at radius 3 is 2.43 bits per heavy atom. The minimum atomic E-state index is -0.203. The first-order valence-corrected chi connectivity index (χ1v) is 8.65. The summed E-state index contributed by atoms with van der Waals surface area (Å²) in [5.74, 6) is 0.511. The largest absolute Gasteiger partial charge is 0.341 e. The molecule has 3 rings (SSSR count). The molecule has 0 radical (unpaired) electrons. The molecule has 0 atom stereocenters. The van der Waals surface area contributed by atoms with Crippen molar-refractivity contribution < 1.29 is 4.79 Å². The third-order valence-corrected chi connectivity index (χ3v) is 4.37. The van der Waals surface area contributed by atoms with Gasteiger partial charge in [-0.3, -0.25) is 4.79 Å². The molecule has 1 N–H and O–H groups in total. The number of nitrogens with zero attached hydrogens (tertiary/aromatic N) is 3. The molecule has 6 heteroatoms. The van der Waals surface area contributed by atoms with Crippen molar-refractivity contribution in [3.63, 3.8) is 0 Å². The van der Waals surface area contributed by atoms with Gasteiger partial charge < -0.3 is 10.2 Å². The lowest BCUT2D eigenvalue weighted by molar-refractivity contribution is 0.102. The molecule has 0 spiro atoms. The number of amides is 1. The number of nitrogens with one attached hydrogen (secondary N) is 1. The second kappa shape index (κ2) is 7.55.